The second-order valence-electron chi connectivity index (χ2n) is 4.39. The molecule has 0 aromatic heterocycles. The van der Waals surface area contributed by atoms with Crippen LogP contribution in [0.2, 0.25) is 0 Å². The van der Waals surface area contributed by atoms with Crippen LogP contribution in [0.3, 0.4) is 0 Å². The van der Waals surface area contributed by atoms with Gasteiger partial charge in [-0.15, -0.1) is 0 Å². The van der Waals surface area contributed by atoms with E-state index in [2.05, 4.69) is 5.32 Å². The van der Waals surface area contributed by atoms with Gasteiger partial charge >= 0.3 is 0 Å². The lowest BCUT2D eigenvalue weighted by Crippen LogP contribution is -2.20. The number of primary amides is 1. The number of nitrogens with two attached hydrogens (primary N) is 1. The van der Waals surface area contributed by atoms with Crippen molar-refractivity contribution >= 4 is 17.5 Å². The Morgan fingerprint density at radius 1 is 1.05 bits per heavy atom. The van der Waals surface area contributed by atoms with Crippen LogP contribution in [0.4, 0.5) is 14.5 Å². The highest BCUT2D eigenvalue weighted by atomic mass is 19.1. The number of carbonyl (C=O) groups excluding carboxylic acids is 2. The number of hydrogen-bond acceptors (Lipinski definition) is 3. The van der Waals surface area contributed by atoms with E-state index in [0.717, 1.165) is 12.1 Å². The zero-order valence-corrected chi connectivity index (χ0v) is 11.3. The lowest BCUT2D eigenvalue weighted by Gasteiger charge is -2.07. The van der Waals surface area contributed by atoms with E-state index >= 15 is 0 Å². The fourth-order valence-electron chi connectivity index (χ4n) is 1.68. The first-order chi connectivity index (χ1) is 10.4. The van der Waals surface area contributed by atoms with Crippen molar-refractivity contribution < 1.29 is 23.1 Å². The molecule has 3 N–H and O–H groups in total. The highest BCUT2D eigenvalue weighted by Gasteiger charge is 2.09. The minimum absolute atomic E-state index is 0.133. The van der Waals surface area contributed by atoms with Crippen LogP contribution in [-0.2, 0) is 4.79 Å². The molecule has 2 aromatic rings. The van der Waals surface area contributed by atoms with Gasteiger partial charge in [0.25, 0.3) is 11.8 Å². The minimum Gasteiger partial charge on any atom is -0.484 e. The predicted molar refractivity (Wildman–Crippen MR) is 75.4 cm³/mol. The molecule has 0 aliphatic rings. The SMILES string of the molecule is NC(=O)COc1ccc(NC(=O)c2cc(F)cc(F)c2)cc1. The Bertz CT molecular complexity index is 682. The normalized spacial score (nSPS) is 10.1. The first kappa shape index (κ1) is 15.4. The molecule has 0 saturated carbocycles. The topological polar surface area (TPSA) is 81.4 Å². The van der Waals surface area contributed by atoms with Crippen LogP contribution in [-0.4, -0.2) is 18.4 Å². The molecule has 0 atom stereocenters. The number of nitrogens with one attached hydrogen (secondary N) is 1. The standard InChI is InChI=1S/C15H12F2N2O3/c16-10-5-9(6-11(17)7-10)15(21)19-12-1-3-13(4-2-12)22-8-14(18)20/h1-7H,8H2,(H2,18,20)(H,19,21). The van der Waals surface area contributed by atoms with Gasteiger partial charge in [0, 0.05) is 17.3 Å². The Morgan fingerprint density at radius 3 is 2.18 bits per heavy atom. The van der Waals surface area contributed by atoms with Crippen molar-refractivity contribution in [3.63, 3.8) is 0 Å². The average molecular weight is 306 g/mol. The summed E-state index contributed by atoms with van der Waals surface area (Å²) in [6, 6.07) is 8.62. The van der Waals surface area contributed by atoms with E-state index in [9.17, 15) is 18.4 Å². The molecule has 2 aromatic carbocycles. The Labute approximate surface area is 124 Å². The molecule has 2 rings (SSSR count). The van der Waals surface area contributed by atoms with Gasteiger partial charge in [0.2, 0.25) is 0 Å². The molecule has 0 unspecified atom stereocenters. The number of amides is 2. The summed E-state index contributed by atoms with van der Waals surface area (Å²) < 4.78 is 31.2. The molecular weight excluding hydrogens is 294 g/mol. The van der Waals surface area contributed by atoms with Crippen LogP contribution >= 0.6 is 0 Å². The summed E-state index contributed by atoms with van der Waals surface area (Å²) in [5.74, 6) is -2.52. The number of carbonyl (C=O) groups is 2. The van der Waals surface area contributed by atoms with Gasteiger partial charge in [-0.3, -0.25) is 9.59 Å². The second kappa shape index (κ2) is 6.66. The summed E-state index contributed by atoms with van der Waals surface area (Å²) in [5, 5.41) is 2.49. The van der Waals surface area contributed by atoms with Crippen molar-refractivity contribution in [2.24, 2.45) is 5.73 Å². The fraction of sp³-hybridized carbons (Fsp3) is 0.0667. The van der Waals surface area contributed by atoms with Gasteiger partial charge in [-0.05, 0) is 36.4 Å². The Kier molecular flexibility index (Phi) is 4.67. The number of benzene rings is 2. The summed E-state index contributed by atoms with van der Waals surface area (Å²) in [6.07, 6.45) is 0. The monoisotopic (exact) mass is 306 g/mol. The third-order valence-corrected chi connectivity index (χ3v) is 2.62. The maximum Gasteiger partial charge on any atom is 0.255 e. The van der Waals surface area contributed by atoms with Gasteiger partial charge in [0.15, 0.2) is 6.61 Å². The molecule has 2 amide bonds. The van der Waals surface area contributed by atoms with E-state index < -0.39 is 23.4 Å². The molecule has 0 radical (unpaired) electrons. The van der Waals surface area contributed by atoms with Crippen LogP contribution in [0.5, 0.6) is 5.75 Å². The highest BCUT2D eigenvalue weighted by molar-refractivity contribution is 6.04. The average Bonchev–Trinajstić information content (AvgIpc) is 2.45. The number of ether oxygens (including phenoxy) is 1. The molecular formula is C15H12F2N2O3. The van der Waals surface area contributed by atoms with Gasteiger partial charge < -0.3 is 15.8 Å². The van der Waals surface area contributed by atoms with Crippen LogP contribution in [0.15, 0.2) is 42.5 Å². The van der Waals surface area contributed by atoms with E-state index in [4.69, 9.17) is 10.5 Å². The number of halogens is 2. The molecule has 22 heavy (non-hydrogen) atoms. The predicted octanol–water partition coefficient (Wildman–Crippen LogP) is 2.08. The van der Waals surface area contributed by atoms with Crippen molar-refractivity contribution in [1.82, 2.24) is 0 Å². The Hall–Kier alpha value is -2.96. The molecule has 0 bridgehead atoms. The molecule has 0 spiro atoms. The van der Waals surface area contributed by atoms with E-state index in [1.54, 1.807) is 0 Å². The summed E-state index contributed by atoms with van der Waals surface area (Å²) in [6.45, 7) is -0.256. The highest BCUT2D eigenvalue weighted by Crippen LogP contribution is 2.17. The number of anilines is 1. The first-order valence-electron chi connectivity index (χ1n) is 6.22. The van der Waals surface area contributed by atoms with Gasteiger partial charge in [0.1, 0.15) is 17.4 Å². The molecule has 0 aliphatic heterocycles. The molecule has 0 aliphatic carbocycles. The molecule has 0 fully saturated rings. The maximum absolute atomic E-state index is 13.1. The smallest absolute Gasteiger partial charge is 0.255 e. The van der Waals surface area contributed by atoms with Crippen LogP contribution in [0.1, 0.15) is 10.4 Å². The van der Waals surface area contributed by atoms with Crippen LogP contribution in [0, 0.1) is 11.6 Å². The van der Waals surface area contributed by atoms with Crippen molar-refractivity contribution in [1.29, 1.82) is 0 Å². The number of rotatable bonds is 5. The minimum atomic E-state index is -0.833. The van der Waals surface area contributed by atoms with E-state index in [-0.39, 0.29) is 12.2 Å². The quantitative estimate of drug-likeness (QED) is 0.887. The summed E-state index contributed by atoms with van der Waals surface area (Å²) >= 11 is 0. The van der Waals surface area contributed by atoms with Gasteiger partial charge in [-0.25, -0.2) is 8.78 Å². The van der Waals surface area contributed by atoms with E-state index in [1.165, 1.54) is 24.3 Å². The molecule has 5 nitrogen and oxygen atoms in total. The van der Waals surface area contributed by atoms with E-state index in [0.29, 0.717) is 17.5 Å². The first-order valence-corrected chi connectivity index (χ1v) is 6.22. The third-order valence-electron chi connectivity index (χ3n) is 2.62. The summed E-state index contributed by atoms with van der Waals surface area (Å²) in [4.78, 5) is 22.5. The fourth-order valence-corrected chi connectivity index (χ4v) is 1.68. The molecule has 0 saturated heterocycles. The largest absolute Gasteiger partial charge is 0.484 e. The van der Waals surface area contributed by atoms with Crippen molar-refractivity contribution in [2.45, 2.75) is 0 Å². The maximum atomic E-state index is 13.1. The van der Waals surface area contributed by atoms with Gasteiger partial charge in [0.05, 0.1) is 0 Å². The zero-order chi connectivity index (χ0) is 16.1. The van der Waals surface area contributed by atoms with Crippen LogP contribution in [0.25, 0.3) is 0 Å². The Morgan fingerprint density at radius 2 is 1.64 bits per heavy atom. The zero-order valence-electron chi connectivity index (χ0n) is 11.3. The number of hydrogen-bond donors (Lipinski definition) is 2. The van der Waals surface area contributed by atoms with Crippen molar-refractivity contribution in [3.8, 4) is 5.75 Å². The van der Waals surface area contributed by atoms with Crippen LogP contribution < -0.4 is 15.8 Å². The summed E-state index contributed by atoms with van der Waals surface area (Å²) in [7, 11) is 0. The second-order valence-corrected chi connectivity index (χ2v) is 4.39. The van der Waals surface area contributed by atoms with Crippen molar-refractivity contribution in [3.05, 3.63) is 59.7 Å². The lowest BCUT2D eigenvalue weighted by atomic mass is 10.2. The van der Waals surface area contributed by atoms with Crippen molar-refractivity contribution in [2.75, 3.05) is 11.9 Å². The van der Waals surface area contributed by atoms with E-state index in [1.807, 2.05) is 0 Å². The van der Waals surface area contributed by atoms with Gasteiger partial charge in [-0.1, -0.05) is 0 Å². The third kappa shape index (κ3) is 4.27. The molecule has 0 heterocycles. The Balaban J connectivity index is 2.03. The molecule has 114 valence electrons. The molecule has 7 heteroatoms. The van der Waals surface area contributed by atoms with Gasteiger partial charge in [-0.2, -0.15) is 0 Å². The summed E-state index contributed by atoms with van der Waals surface area (Å²) in [5.41, 5.74) is 5.21. The lowest BCUT2D eigenvalue weighted by molar-refractivity contribution is -0.119.